The Morgan fingerprint density at radius 2 is 0.900 bits per heavy atom. The molecule has 0 heterocycles. The highest BCUT2D eigenvalue weighted by Crippen LogP contribution is 2.32. The van der Waals surface area contributed by atoms with Gasteiger partial charge in [0, 0.05) is 12.4 Å². The molecule has 0 saturated heterocycles. The molecule has 30 heavy (non-hydrogen) atoms. The van der Waals surface area contributed by atoms with Gasteiger partial charge in [-0.15, -0.1) is 0 Å². The Kier molecular flexibility index (Phi) is 6.05. The van der Waals surface area contributed by atoms with Gasteiger partial charge in [0.1, 0.15) is 0 Å². The number of hydrogen-bond acceptors (Lipinski definition) is 2. The molecule has 0 amide bonds. The van der Waals surface area contributed by atoms with Gasteiger partial charge in [-0.25, -0.2) is 0 Å². The zero-order chi connectivity index (χ0) is 21.8. The smallest absolute Gasteiger partial charge is 0.256 e. The topological polar surface area (TPSA) is 24.7 Å². The van der Waals surface area contributed by atoms with E-state index in [1.807, 2.05) is 0 Å². The summed E-state index contributed by atoms with van der Waals surface area (Å²) >= 11 is 0. The Morgan fingerprint density at radius 3 is 1.23 bits per heavy atom. The standard InChI is InChI=1S/C22H14F6N2/c23-21(24,25)17-3-1-5-19(11-17)29-13-15-7-9-16(10-8-15)14-30-20-6-2-4-18(12-20)22(26,27)28/h1-14H. The monoisotopic (exact) mass is 420 g/mol. The van der Waals surface area contributed by atoms with E-state index >= 15 is 0 Å². The quantitative estimate of drug-likeness (QED) is 0.314. The molecule has 0 spiro atoms. The number of hydrogen-bond donors (Lipinski definition) is 0. The molecular formula is C22H14F6N2. The molecule has 0 atom stereocenters. The third-order valence-corrected chi connectivity index (χ3v) is 4.01. The van der Waals surface area contributed by atoms with E-state index in [2.05, 4.69) is 9.98 Å². The van der Waals surface area contributed by atoms with Crippen molar-refractivity contribution < 1.29 is 26.3 Å². The minimum absolute atomic E-state index is 0.167. The first kappa shape index (κ1) is 21.3. The summed E-state index contributed by atoms with van der Waals surface area (Å²) in [6.45, 7) is 0. The first-order valence-corrected chi connectivity index (χ1v) is 8.64. The molecule has 0 aromatic heterocycles. The van der Waals surface area contributed by atoms with Crippen LogP contribution in [0.2, 0.25) is 0 Å². The van der Waals surface area contributed by atoms with E-state index in [-0.39, 0.29) is 11.4 Å². The third kappa shape index (κ3) is 5.79. The van der Waals surface area contributed by atoms with E-state index in [4.69, 9.17) is 0 Å². The summed E-state index contributed by atoms with van der Waals surface area (Å²) < 4.78 is 76.4. The van der Waals surface area contributed by atoms with Crippen molar-refractivity contribution in [3.8, 4) is 0 Å². The van der Waals surface area contributed by atoms with Crippen molar-refractivity contribution in [2.24, 2.45) is 9.98 Å². The number of benzene rings is 3. The predicted molar refractivity (Wildman–Crippen MR) is 104 cm³/mol. The molecule has 0 aliphatic carbocycles. The molecule has 0 N–H and O–H groups in total. The predicted octanol–water partition coefficient (Wildman–Crippen LogP) is 7.23. The molecule has 0 radical (unpaired) electrons. The second kappa shape index (κ2) is 8.52. The van der Waals surface area contributed by atoms with Crippen LogP contribution in [0.3, 0.4) is 0 Å². The van der Waals surface area contributed by atoms with Crippen LogP contribution in [0.5, 0.6) is 0 Å². The lowest BCUT2D eigenvalue weighted by Gasteiger charge is -2.06. The van der Waals surface area contributed by atoms with Crippen molar-refractivity contribution in [1.82, 2.24) is 0 Å². The molecule has 0 unspecified atom stereocenters. The Hall–Kier alpha value is -3.42. The van der Waals surface area contributed by atoms with E-state index in [0.717, 1.165) is 24.3 Å². The number of alkyl halides is 6. The third-order valence-electron chi connectivity index (χ3n) is 4.01. The van der Waals surface area contributed by atoms with Gasteiger partial charge in [0.2, 0.25) is 0 Å². The van der Waals surface area contributed by atoms with E-state index < -0.39 is 23.5 Å². The molecule has 0 saturated carbocycles. The van der Waals surface area contributed by atoms with Crippen LogP contribution in [0, 0.1) is 0 Å². The van der Waals surface area contributed by atoms with Gasteiger partial charge in [0.15, 0.2) is 0 Å². The lowest BCUT2D eigenvalue weighted by atomic mass is 10.1. The summed E-state index contributed by atoms with van der Waals surface area (Å²) in [7, 11) is 0. The van der Waals surface area contributed by atoms with Crippen LogP contribution < -0.4 is 0 Å². The fourth-order valence-electron chi connectivity index (χ4n) is 2.49. The lowest BCUT2D eigenvalue weighted by Crippen LogP contribution is -2.03. The van der Waals surface area contributed by atoms with Gasteiger partial charge in [0.25, 0.3) is 0 Å². The van der Waals surface area contributed by atoms with E-state index in [1.54, 1.807) is 24.3 Å². The average molecular weight is 420 g/mol. The highest BCUT2D eigenvalue weighted by atomic mass is 19.4. The molecule has 0 fully saturated rings. The maximum Gasteiger partial charge on any atom is 0.416 e. The van der Waals surface area contributed by atoms with Crippen LogP contribution in [-0.4, -0.2) is 12.4 Å². The Morgan fingerprint density at radius 1 is 0.533 bits per heavy atom. The average Bonchev–Trinajstić information content (AvgIpc) is 2.71. The number of nitrogens with zero attached hydrogens (tertiary/aromatic N) is 2. The maximum absolute atomic E-state index is 12.7. The van der Waals surface area contributed by atoms with Crippen molar-refractivity contribution in [3.05, 3.63) is 95.1 Å². The Bertz CT molecular complexity index is 977. The minimum Gasteiger partial charge on any atom is -0.256 e. The first-order valence-electron chi connectivity index (χ1n) is 8.64. The van der Waals surface area contributed by atoms with Crippen LogP contribution in [0.4, 0.5) is 37.7 Å². The summed E-state index contributed by atoms with van der Waals surface area (Å²) in [5, 5.41) is 0. The molecule has 3 aromatic carbocycles. The zero-order valence-corrected chi connectivity index (χ0v) is 15.2. The molecule has 0 bridgehead atoms. The van der Waals surface area contributed by atoms with Crippen LogP contribution in [0.25, 0.3) is 0 Å². The molecule has 2 nitrogen and oxygen atoms in total. The summed E-state index contributed by atoms with van der Waals surface area (Å²) in [6.07, 6.45) is -6.04. The van der Waals surface area contributed by atoms with E-state index in [1.165, 1.54) is 36.7 Å². The van der Waals surface area contributed by atoms with Crippen LogP contribution >= 0.6 is 0 Å². The van der Waals surface area contributed by atoms with Gasteiger partial charge in [0.05, 0.1) is 22.5 Å². The number of halogens is 6. The fourth-order valence-corrected chi connectivity index (χ4v) is 2.49. The van der Waals surface area contributed by atoms with Crippen molar-refractivity contribution in [2.75, 3.05) is 0 Å². The van der Waals surface area contributed by atoms with Gasteiger partial charge in [-0.3, -0.25) is 9.98 Å². The largest absolute Gasteiger partial charge is 0.416 e. The van der Waals surface area contributed by atoms with Gasteiger partial charge in [-0.2, -0.15) is 26.3 Å². The van der Waals surface area contributed by atoms with Crippen molar-refractivity contribution in [1.29, 1.82) is 0 Å². The second-order valence-electron chi connectivity index (χ2n) is 6.28. The molecular weight excluding hydrogens is 406 g/mol. The summed E-state index contributed by atoms with van der Waals surface area (Å²) in [4.78, 5) is 8.08. The van der Waals surface area contributed by atoms with Crippen LogP contribution in [0.1, 0.15) is 22.3 Å². The fraction of sp³-hybridized carbons (Fsp3) is 0.0909. The van der Waals surface area contributed by atoms with Crippen molar-refractivity contribution in [3.63, 3.8) is 0 Å². The molecule has 8 heteroatoms. The minimum atomic E-state index is -4.44. The Balaban J connectivity index is 1.70. The van der Waals surface area contributed by atoms with Crippen LogP contribution in [-0.2, 0) is 12.4 Å². The highest BCUT2D eigenvalue weighted by Gasteiger charge is 2.31. The molecule has 3 aromatic rings. The van der Waals surface area contributed by atoms with Gasteiger partial charge in [-0.1, -0.05) is 36.4 Å². The lowest BCUT2D eigenvalue weighted by molar-refractivity contribution is -0.138. The summed E-state index contributed by atoms with van der Waals surface area (Å²) in [6, 6.07) is 16.0. The first-order chi connectivity index (χ1) is 14.1. The van der Waals surface area contributed by atoms with E-state index in [0.29, 0.717) is 11.1 Å². The molecule has 154 valence electrons. The normalized spacial score (nSPS) is 12.7. The van der Waals surface area contributed by atoms with Crippen molar-refractivity contribution >= 4 is 23.8 Å². The van der Waals surface area contributed by atoms with E-state index in [9.17, 15) is 26.3 Å². The molecule has 0 aliphatic rings. The number of rotatable bonds is 4. The second-order valence-corrected chi connectivity index (χ2v) is 6.28. The SMILES string of the molecule is FC(F)(F)c1cccc(N=Cc2ccc(C=Nc3cccc(C(F)(F)F)c3)cc2)c1. The van der Waals surface area contributed by atoms with Gasteiger partial charge in [-0.05, 0) is 47.5 Å². The van der Waals surface area contributed by atoms with Crippen LogP contribution in [0.15, 0.2) is 82.8 Å². The highest BCUT2D eigenvalue weighted by molar-refractivity contribution is 5.86. The molecule has 3 rings (SSSR count). The number of aliphatic imine (C=N–C) groups is 2. The maximum atomic E-state index is 12.7. The van der Waals surface area contributed by atoms with Gasteiger partial charge >= 0.3 is 12.4 Å². The van der Waals surface area contributed by atoms with Gasteiger partial charge < -0.3 is 0 Å². The van der Waals surface area contributed by atoms with Crippen molar-refractivity contribution in [2.45, 2.75) is 12.4 Å². The summed E-state index contributed by atoms with van der Waals surface area (Å²) in [5.41, 5.74) is 0.0592. The Labute approximate surface area is 168 Å². The summed E-state index contributed by atoms with van der Waals surface area (Å²) in [5.74, 6) is 0. The molecule has 0 aliphatic heterocycles. The zero-order valence-electron chi connectivity index (χ0n) is 15.2.